The van der Waals surface area contributed by atoms with Crippen LogP contribution in [0.3, 0.4) is 0 Å². The van der Waals surface area contributed by atoms with E-state index in [4.69, 9.17) is 4.42 Å². The molecular formula is C15H26N4O. The van der Waals surface area contributed by atoms with E-state index in [-0.39, 0.29) is 6.04 Å². The third-order valence-electron chi connectivity index (χ3n) is 4.80. The summed E-state index contributed by atoms with van der Waals surface area (Å²) >= 11 is 0. The van der Waals surface area contributed by atoms with Crippen molar-refractivity contribution in [1.82, 2.24) is 15.5 Å². The second kappa shape index (κ2) is 6.12. The molecule has 0 bridgehead atoms. The first-order chi connectivity index (χ1) is 9.79. The fourth-order valence-corrected chi connectivity index (χ4v) is 3.77. The largest absolute Gasteiger partial charge is 0.406 e. The van der Waals surface area contributed by atoms with Gasteiger partial charge in [0.1, 0.15) is 0 Å². The second-order valence-corrected chi connectivity index (χ2v) is 6.15. The third-order valence-corrected chi connectivity index (χ3v) is 4.80. The molecule has 1 aliphatic heterocycles. The van der Waals surface area contributed by atoms with Crippen molar-refractivity contribution in [1.29, 1.82) is 0 Å². The van der Waals surface area contributed by atoms with Gasteiger partial charge in [-0.3, -0.25) is 0 Å². The molecule has 1 aromatic heterocycles. The van der Waals surface area contributed by atoms with Crippen LogP contribution in [0.25, 0.3) is 0 Å². The lowest BCUT2D eigenvalue weighted by atomic mass is 9.78. The van der Waals surface area contributed by atoms with Crippen LogP contribution in [0.5, 0.6) is 0 Å². The van der Waals surface area contributed by atoms with E-state index < -0.39 is 0 Å². The number of nitrogens with one attached hydrogen (secondary N) is 1. The molecule has 1 saturated carbocycles. The maximum absolute atomic E-state index is 5.93. The zero-order chi connectivity index (χ0) is 13.9. The van der Waals surface area contributed by atoms with Crippen molar-refractivity contribution in [2.24, 2.45) is 5.92 Å². The highest BCUT2D eigenvalue weighted by molar-refractivity contribution is 5.29. The molecule has 3 rings (SSSR count). The summed E-state index contributed by atoms with van der Waals surface area (Å²) in [6.45, 7) is 6.14. The van der Waals surface area contributed by atoms with Gasteiger partial charge in [-0.2, -0.15) is 0 Å². The number of hydrogen-bond donors (Lipinski definition) is 1. The molecule has 20 heavy (non-hydrogen) atoms. The van der Waals surface area contributed by atoms with Crippen LogP contribution in [-0.4, -0.2) is 29.3 Å². The molecule has 2 fully saturated rings. The number of hydrogen-bond acceptors (Lipinski definition) is 5. The van der Waals surface area contributed by atoms with E-state index in [1.165, 1.54) is 38.5 Å². The fraction of sp³-hybridized carbons (Fsp3) is 0.867. The molecule has 1 N–H and O–H groups in total. The Bertz CT molecular complexity index is 431. The van der Waals surface area contributed by atoms with Crippen LogP contribution in [0.2, 0.25) is 0 Å². The molecule has 0 spiro atoms. The lowest BCUT2D eigenvalue weighted by Gasteiger charge is -2.43. The smallest absolute Gasteiger partial charge is 0.318 e. The van der Waals surface area contributed by atoms with E-state index in [9.17, 15) is 0 Å². The predicted molar refractivity (Wildman–Crippen MR) is 78.7 cm³/mol. The SMILES string of the molecule is CCNC(C)c1nnc(N2CCC[C@H]3CCCC[C@H]32)o1. The number of fused-ring (bicyclic) bond motifs is 1. The van der Waals surface area contributed by atoms with Crippen LogP contribution >= 0.6 is 0 Å². The lowest BCUT2D eigenvalue weighted by Crippen LogP contribution is -2.47. The van der Waals surface area contributed by atoms with Gasteiger partial charge in [-0.05, 0) is 45.1 Å². The topological polar surface area (TPSA) is 54.2 Å². The molecule has 5 nitrogen and oxygen atoms in total. The molecule has 1 aliphatic carbocycles. The van der Waals surface area contributed by atoms with Crippen LogP contribution in [0.15, 0.2) is 4.42 Å². The van der Waals surface area contributed by atoms with E-state index in [1.807, 2.05) is 0 Å². The van der Waals surface area contributed by atoms with Crippen molar-refractivity contribution in [3.05, 3.63) is 5.89 Å². The number of aromatic nitrogens is 2. The second-order valence-electron chi connectivity index (χ2n) is 6.15. The molecule has 2 heterocycles. The van der Waals surface area contributed by atoms with Gasteiger partial charge in [0.2, 0.25) is 5.89 Å². The summed E-state index contributed by atoms with van der Waals surface area (Å²) in [7, 11) is 0. The Hall–Kier alpha value is -1.10. The van der Waals surface area contributed by atoms with Crippen molar-refractivity contribution in [2.75, 3.05) is 18.0 Å². The van der Waals surface area contributed by atoms with Crippen LogP contribution in [0, 0.1) is 5.92 Å². The van der Waals surface area contributed by atoms with Gasteiger partial charge in [0.15, 0.2) is 0 Å². The summed E-state index contributed by atoms with van der Waals surface area (Å²) in [6.07, 6.45) is 8.01. The molecule has 2 aliphatic rings. The van der Waals surface area contributed by atoms with Gasteiger partial charge in [-0.15, -0.1) is 5.10 Å². The molecule has 3 atom stereocenters. The minimum Gasteiger partial charge on any atom is -0.406 e. The van der Waals surface area contributed by atoms with Crippen LogP contribution in [0.1, 0.15) is 64.3 Å². The number of nitrogens with zero attached hydrogens (tertiary/aromatic N) is 3. The first-order valence-corrected chi connectivity index (χ1v) is 8.13. The summed E-state index contributed by atoms with van der Waals surface area (Å²) in [5, 5.41) is 11.8. The summed E-state index contributed by atoms with van der Waals surface area (Å²) in [5.41, 5.74) is 0. The van der Waals surface area contributed by atoms with Crippen LogP contribution < -0.4 is 10.2 Å². The molecule has 112 valence electrons. The fourth-order valence-electron chi connectivity index (χ4n) is 3.77. The maximum atomic E-state index is 5.93. The van der Waals surface area contributed by atoms with Gasteiger partial charge >= 0.3 is 6.01 Å². The van der Waals surface area contributed by atoms with E-state index >= 15 is 0 Å². The summed E-state index contributed by atoms with van der Waals surface area (Å²) in [4.78, 5) is 2.38. The van der Waals surface area contributed by atoms with Gasteiger partial charge in [0, 0.05) is 12.6 Å². The summed E-state index contributed by atoms with van der Waals surface area (Å²) in [5.74, 6) is 1.54. The Labute approximate surface area is 121 Å². The Kier molecular flexibility index (Phi) is 4.24. The summed E-state index contributed by atoms with van der Waals surface area (Å²) < 4.78 is 5.93. The maximum Gasteiger partial charge on any atom is 0.318 e. The average molecular weight is 278 g/mol. The Morgan fingerprint density at radius 3 is 2.90 bits per heavy atom. The molecule has 1 saturated heterocycles. The number of piperidine rings is 1. The Morgan fingerprint density at radius 1 is 1.25 bits per heavy atom. The molecule has 1 aromatic rings. The van der Waals surface area contributed by atoms with E-state index in [0.717, 1.165) is 25.0 Å². The van der Waals surface area contributed by atoms with E-state index in [2.05, 4.69) is 34.3 Å². The molecule has 0 amide bonds. The van der Waals surface area contributed by atoms with E-state index in [1.54, 1.807) is 0 Å². The highest BCUT2D eigenvalue weighted by Gasteiger charge is 2.35. The lowest BCUT2D eigenvalue weighted by molar-refractivity contribution is 0.233. The molecule has 5 heteroatoms. The normalized spacial score (nSPS) is 28.2. The first-order valence-electron chi connectivity index (χ1n) is 8.13. The quantitative estimate of drug-likeness (QED) is 0.917. The standard InChI is InChI=1S/C15H26N4O/c1-3-16-11(2)14-17-18-15(20-14)19-10-6-8-12-7-4-5-9-13(12)19/h11-13,16H,3-10H2,1-2H3/t11?,12-,13-/m1/s1. The van der Waals surface area contributed by atoms with Crippen LogP contribution in [0.4, 0.5) is 6.01 Å². The molecule has 1 unspecified atom stereocenters. The van der Waals surface area contributed by atoms with Crippen molar-refractivity contribution in [3.63, 3.8) is 0 Å². The monoisotopic (exact) mass is 278 g/mol. The predicted octanol–water partition coefficient (Wildman–Crippen LogP) is 2.90. The average Bonchev–Trinajstić information content (AvgIpc) is 2.97. The minimum atomic E-state index is 0.133. The summed E-state index contributed by atoms with van der Waals surface area (Å²) in [6, 6.07) is 1.50. The zero-order valence-corrected chi connectivity index (χ0v) is 12.6. The van der Waals surface area contributed by atoms with Gasteiger partial charge < -0.3 is 14.6 Å². The van der Waals surface area contributed by atoms with Crippen molar-refractivity contribution in [2.45, 2.75) is 64.5 Å². The highest BCUT2D eigenvalue weighted by atomic mass is 16.4. The number of rotatable bonds is 4. The number of anilines is 1. The Balaban J connectivity index is 1.74. The van der Waals surface area contributed by atoms with Gasteiger partial charge in [0.05, 0.1) is 6.04 Å². The van der Waals surface area contributed by atoms with Crippen LogP contribution in [-0.2, 0) is 0 Å². The third kappa shape index (κ3) is 2.68. The molecular weight excluding hydrogens is 252 g/mol. The molecule has 0 aromatic carbocycles. The Morgan fingerprint density at radius 2 is 2.05 bits per heavy atom. The van der Waals surface area contributed by atoms with Gasteiger partial charge in [0.25, 0.3) is 0 Å². The van der Waals surface area contributed by atoms with Crippen molar-refractivity contribution >= 4 is 6.01 Å². The van der Waals surface area contributed by atoms with Crippen molar-refractivity contribution < 1.29 is 4.42 Å². The van der Waals surface area contributed by atoms with Gasteiger partial charge in [-0.1, -0.05) is 24.9 Å². The van der Waals surface area contributed by atoms with Crippen molar-refractivity contribution in [3.8, 4) is 0 Å². The van der Waals surface area contributed by atoms with Gasteiger partial charge in [-0.25, -0.2) is 0 Å². The minimum absolute atomic E-state index is 0.133. The first kappa shape index (κ1) is 13.9. The molecule has 0 radical (unpaired) electrons. The highest BCUT2D eigenvalue weighted by Crippen LogP contribution is 2.37. The zero-order valence-electron chi connectivity index (χ0n) is 12.6. The van der Waals surface area contributed by atoms with E-state index in [0.29, 0.717) is 11.9 Å².